The molecule has 0 aliphatic carbocycles. The van der Waals surface area contributed by atoms with Crippen LogP contribution in [0.3, 0.4) is 0 Å². The monoisotopic (exact) mass is 367 g/mol. The summed E-state index contributed by atoms with van der Waals surface area (Å²) in [6, 6.07) is 7.08. The summed E-state index contributed by atoms with van der Waals surface area (Å²) >= 11 is 0. The Kier molecular flexibility index (Phi) is 4.97. The van der Waals surface area contributed by atoms with Gasteiger partial charge in [-0.3, -0.25) is 9.78 Å². The van der Waals surface area contributed by atoms with Gasteiger partial charge in [-0.1, -0.05) is 12.1 Å². The number of hydrogen-bond acceptors (Lipinski definition) is 5. The van der Waals surface area contributed by atoms with Crippen molar-refractivity contribution in [3.05, 3.63) is 47.8 Å². The van der Waals surface area contributed by atoms with Gasteiger partial charge >= 0.3 is 12.1 Å². The second-order valence-electron chi connectivity index (χ2n) is 5.97. The minimum atomic E-state index is -4.58. The number of rotatable bonds is 4. The molecule has 0 radical (unpaired) electrons. The smallest absolute Gasteiger partial charge is 0.426 e. The fraction of sp³-hybridized carbons (Fsp3) is 0.333. The van der Waals surface area contributed by atoms with E-state index in [-0.39, 0.29) is 23.6 Å². The number of esters is 1. The van der Waals surface area contributed by atoms with Crippen LogP contribution in [0.2, 0.25) is 0 Å². The minimum absolute atomic E-state index is 0.109. The number of ether oxygens (including phenoxy) is 2. The summed E-state index contributed by atoms with van der Waals surface area (Å²) in [6.07, 6.45) is -3.68. The van der Waals surface area contributed by atoms with Crippen molar-refractivity contribution in [1.82, 2.24) is 4.98 Å². The molecule has 2 aromatic rings. The Hall–Kier alpha value is -2.45. The Morgan fingerprint density at radius 3 is 2.54 bits per heavy atom. The number of halogens is 3. The highest BCUT2D eigenvalue weighted by molar-refractivity contribution is 5.77. The minimum Gasteiger partial charge on any atom is -0.426 e. The van der Waals surface area contributed by atoms with Gasteiger partial charge in [-0.15, -0.1) is 0 Å². The molecule has 2 atom stereocenters. The second kappa shape index (κ2) is 7.05. The molecule has 8 heteroatoms. The Bertz CT molecular complexity index is 805. The predicted molar refractivity (Wildman–Crippen MR) is 85.1 cm³/mol. The van der Waals surface area contributed by atoms with E-state index in [0.717, 1.165) is 12.3 Å². The molecule has 1 saturated heterocycles. The lowest BCUT2D eigenvalue weighted by Gasteiger charge is -2.31. The van der Waals surface area contributed by atoms with Crippen LogP contribution in [0.5, 0.6) is 5.75 Å². The number of aliphatic hydroxyl groups is 1. The zero-order valence-electron chi connectivity index (χ0n) is 13.8. The predicted octanol–water partition coefficient (Wildman–Crippen LogP) is 3.20. The van der Waals surface area contributed by atoms with Gasteiger partial charge < -0.3 is 14.6 Å². The van der Waals surface area contributed by atoms with Gasteiger partial charge in [0, 0.05) is 11.8 Å². The lowest BCUT2D eigenvalue weighted by atomic mass is 10.00. The first-order valence-corrected chi connectivity index (χ1v) is 7.90. The number of aliphatic hydroxyl groups excluding tert-OH is 1. The number of aromatic nitrogens is 1. The first-order valence-electron chi connectivity index (χ1n) is 7.90. The number of hydrogen-bond donors (Lipinski definition) is 1. The SMILES string of the molecule is CC1OCC1C(=O)Oc1ccc(-c2cnc(C(F)(F)F)cc2CO)cc1. The lowest BCUT2D eigenvalue weighted by Crippen LogP contribution is -2.44. The van der Waals surface area contributed by atoms with Crippen LogP contribution in [-0.2, 0) is 22.3 Å². The van der Waals surface area contributed by atoms with Gasteiger partial charge in [0.1, 0.15) is 17.4 Å². The molecule has 1 aliphatic rings. The Morgan fingerprint density at radius 1 is 1.35 bits per heavy atom. The van der Waals surface area contributed by atoms with E-state index in [4.69, 9.17) is 9.47 Å². The van der Waals surface area contributed by atoms with Crippen LogP contribution in [0.1, 0.15) is 18.2 Å². The van der Waals surface area contributed by atoms with E-state index in [1.807, 2.05) is 0 Å². The average molecular weight is 367 g/mol. The van der Waals surface area contributed by atoms with Crippen molar-refractivity contribution in [1.29, 1.82) is 0 Å². The lowest BCUT2D eigenvalue weighted by molar-refractivity contribution is -0.166. The molecular weight excluding hydrogens is 351 g/mol. The summed E-state index contributed by atoms with van der Waals surface area (Å²) in [4.78, 5) is 15.4. The molecule has 3 rings (SSSR count). The first kappa shape index (κ1) is 18.3. The molecule has 26 heavy (non-hydrogen) atoms. The zero-order chi connectivity index (χ0) is 18.9. The Balaban J connectivity index is 1.79. The number of nitrogens with zero attached hydrogens (tertiary/aromatic N) is 1. The Labute approximate surface area is 147 Å². The highest BCUT2D eigenvalue weighted by Crippen LogP contribution is 2.32. The Morgan fingerprint density at radius 2 is 2.04 bits per heavy atom. The molecule has 0 amide bonds. The van der Waals surface area contributed by atoms with Crippen LogP contribution in [0, 0.1) is 5.92 Å². The van der Waals surface area contributed by atoms with E-state index in [1.165, 1.54) is 12.1 Å². The summed E-state index contributed by atoms with van der Waals surface area (Å²) in [7, 11) is 0. The normalized spacial score (nSPS) is 19.7. The molecule has 0 spiro atoms. The van der Waals surface area contributed by atoms with Crippen LogP contribution in [-0.4, -0.2) is 28.8 Å². The third-order valence-electron chi connectivity index (χ3n) is 4.24. The van der Waals surface area contributed by atoms with Gasteiger partial charge in [0.25, 0.3) is 0 Å². The van der Waals surface area contributed by atoms with Gasteiger partial charge in [-0.05, 0) is 36.2 Å². The van der Waals surface area contributed by atoms with Crippen LogP contribution in [0.25, 0.3) is 11.1 Å². The maximum Gasteiger partial charge on any atom is 0.433 e. The van der Waals surface area contributed by atoms with Crippen LogP contribution in [0.15, 0.2) is 36.5 Å². The third-order valence-corrected chi connectivity index (χ3v) is 4.24. The number of carbonyl (C=O) groups is 1. The molecular formula is C18H16F3NO4. The van der Waals surface area contributed by atoms with Crippen molar-refractivity contribution >= 4 is 5.97 Å². The molecule has 0 bridgehead atoms. The van der Waals surface area contributed by atoms with E-state index in [1.54, 1.807) is 19.1 Å². The highest BCUT2D eigenvalue weighted by Gasteiger charge is 2.36. The molecule has 1 N–H and O–H groups in total. The van der Waals surface area contributed by atoms with Crippen LogP contribution < -0.4 is 4.74 Å². The maximum atomic E-state index is 12.7. The zero-order valence-corrected chi connectivity index (χ0v) is 13.8. The van der Waals surface area contributed by atoms with Gasteiger partial charge in [0.2, 0.25) is 0 Å². The van der Waals surface area contributed by atoms with Gasteiger partial charge in [-0.2, -0.15) is 13.2 Å². The van der Waals surface area contributed by atoms with Crippen LogP contribution >= 0.6 is 0 Å². The van der Waals surface area contributed by atoms with Crippen molar-refractivity contribution in [3.63, 3.8) is 0 Å². The molecule has 1 aromatic carbocycles. The van der Waals surface area contributed by atoms with Gasteiger partial charge in [-0.25, -0.2) is 0 Å². The first-order chi connectivity index (χ1) is 12.3. The molecule has 2 heterocycles. The fourth-order valence-electron chi connectivity index (χ4n) is 2.58. The summed E-state index contributed by atoms with van der Waals surface area (Å²) in [5.74, 6) is -0.359. The summed E-state index contributed by atoms with van der Waals surface area (Å²) < 4.78 is 48.6. The van der Waals surface area contributed by atoms with E-state index < -0.39 is 18.5 Å². The van der Waals surface area contributed by atoms with E-state index in [9.17, 15) is 23.1 Å². The molecule has 1 fully saturated rings. The molecule has 1 aliphatic heterocycles. The quantitative estimate of drug-likeness (QED) is 0.664. The van der Waals surface area contributed by atoms with Gasteiger partial charge in [0.15, 0.2) is 0 Å². The third kappa shape index (κ3) is 3.71. The van der Waals surface area contributed by atoms with E-state index in [2.05, 4.69) is 4.98 Å². The molecule has 5 nitrogen and oxygen atoms in total. The maximum absolute atomic E-state index is 12.7. The summed E-state index contributed by atoms with van der Waals surface area (Å²) in [5.41, 5.74) is -0.0278. The van der Waals surface area contributed by atoms with E-state index >= 15 is 0 Å². The number of alkyl halides is 3. The van der Waals surface area contributed by atoms with Crippen molar-refractivity contribution in [3.8, 4) is 16.9 Å². The average Bonchev–Trinajstić information content (AvgIpc) is 2.59. The van der Waals surface area contributed by atoms with Gasteiger partial charge in [0.05, 0.1) is 19.3 Å². The second-order valence-corrected chi connectivity index (χ2v) is 5.97. The summed E-state index contributed by atoms with van der Waals surface area (Å²) in [6.45, 7) is 1.55. The molecule has 0 saturated carbocycles. The topological polar surface area (TPSA) is 68.7 Å². The fourth-order valence-corrected chi connectivity index (χ4v) is 2.58. The highest BCUT2D eigenvalue weighted by atomic mass is 19.4. The molecule has 2 unspecified atom stereocenters. The largest absolute Gasteiger partial charge is 0.433 e. The van der Waals surface area contributed by atoms with E-state index in [0.29, 0.717) is 23.5 Å². The van der Waals surface area contributed by atoms with Crippen molar-refractivity contribution in [2.24, 2.45) is 5.92 Å². The number of carbonyl (C=O) groups excluding carboxylic acids is 1. The van der Waals surface area contributed by atoms with Crippen molar-refractivity contribution < 1.29 is 32.5 Å². The van der Waals surface area contributed by atoms with Crippen molar-refractivity contribution in [2.45, 2.75) is 25.8 Å². The summed E-state index contributed by atoms with van der Waals surface area (Å²) in [5, 5.41) is 9.39. The van der Waals surface area contributed by atoms with Crippen molar-refractivity contribution in [2.75, 3.05) is 6.61 Å². The molecule has 138 valence electrons. The standard InChI is InChI=1S/C18H16F3NO4/c1-10-15(9-25-10)17(24)26-13-4-2-11(3-5-13)14-7-22-16(18(19,20)21)6-12(14)8-23/h2-7,10,15,23H,8-9H2,1H3. The molecule has 1 aromatic heterocycles. The van der Waals surface area contributed by atoms with Crippen LogP contribution in [0.4, 0.5) is 13.2 Å². The number of benzene rings is 1. The number of pyridine rings is 1.